The van der Waals surface area contributed by atoms with Crippen molar-refractivity contribution < 1.29 is 14.3 Å². The maximum atomic E-state index is 12.0. The molecule has 3 rings (SSSR count). The Morgan fingerprint density at radius 1 is 1.30 bits per heavy atom. The molecule has 0 fully saturated rings. The van der Waals surface area contributed by atoms with Gasteiger partial charge in [0.2, 0.25) is 0 Å². The van der Waals surface area contributed by atoms with Crippen molar-refractivity contribution in [1.29, 1.82) is 0 Å². The number of hydrogen-bond donors (Lipinski definition) is 1. The lowest BCUT2D eigenvalue weighted by Crippen LogP contribution is -2.40. The summed E-state index contributed by atoms with van der Waals surface area (Å²) in [5.74, 6) is 0.822. The Bertz CT molecular complexity index is 516. The van der Waals surface area contributed by atoms with Crippen molar-refractivity contribution in [2.24, 2.45) is 0 Å². The predicted octanol–water partition coefficient (Wildman–Crippen LogP) is 0.747. The molecule has 0 bridgehead atoms. The summed E-state index contributed by atoms with van der Waals surface area (Å²) in [7, 11) is 1.65. The van der Waals surface area contributed by atoms with Gasteiger partial charge in [0.15, 0.2) is 6.61 Å². The van der Waals surface area contributed by atoms with Gasteiger partial charge in [-0.2, -0.15) is 0 Å². The van der Waals surface area contributed by atoms with Gasteiger partial charge in [-0.1, -0.05) is 0 Å². The third-order valence-corrected chi connectivity index (χ3v) is 3.89. The number of anilines is 1. The molecule has 0 unspecified atom stereocenters. The fraction of sp³-hybridized carbons (Fsp3) is 0.533. The number of fused-ring (bicyclic) bond motifs is 2. The second kappa shape index (κ2) is 5.81. The Balaban J connectivity index is 1.96. The lowest BCUT2D eigenvalue weighted by molar-refractivity contribution is -0.121. The van der Waals surface area contributed by atoms with Crippen LogP contribution in [0.15, 0.2) is 12.1 Å². The van der Waals surface area contributed by atoms with Crippen LogP contribution in [-0.4, -0.2) is 45.9 Å². The minimum absolute atomic E-state index is 0.00115. The second-order valence-corrected chi connectivity index (χ2v) is 5.17. The van der Waals surface area contributed by atoms with Crippen LogP contribution in [0.3, 0.4) is 0 Å². The van der Waals surface area contributed by atoms with Crippen LogP contribution in [0, 0.1) is 0 Å². The van der Waals surface area contributed by atoms with Gasteiger partial charge < -0.3 is 19.7 Å². The molecule has 1 aromatic carbocycles. The van der Waals surface area contributed by atoms with E-state index in [2.05, 4.69) is 17.4 Å². The monoisotopic (exact) mass is 276 g/mol. The van der Waals surface area contributed by atoms with Crippen LogP contribution in [0.2, 0.25) is 0 Å². The maximum Gasteiger partial charge on any atom is 0.265 e. The minimum Gasteiger partial charge on any atom is -0.482 e. The Labute approximate surface area is 118 Å². The van der Waals surface area contributed by atoms with Crippen molar-refractivity contribution in [3.8, 4) is 5.75 Å². The number of ether oxygens (including phenoxy) is 2. The van der Waals surface area contributed by atoms with E-state index in [1.807, 2.05) is 0 Å². The second-order valence-electron chi connectivity index (χ2n) is 5.17. The lowest BCUT2D eigenvalue weighted by Gasteiger charge is -2.30. The van der Waals surface area contributed by atoms with E-state index in [9.17, 15) is 4.79 Å². The molecule has 108 valence electrons. The van der Waals surface area contributed by atoms with Crippen molar-refractivity contribution in [2.75, 3.05) is 44.9 Å². The van der Waals surface area contributed by atoms with Gasteiger partial charge in [0.05, 0.1) is 12.3 Å². The van der Waals surface area contributed by atoms with Crippen LogP contribution in [0.4, 0.5) is 5.69 Å². The fourth-order valence-electron chi connectivity index (χ4n) is 2.80. The van der Waals surface area contributed by atoms with Gasteiger partial charge in [0, 0.05) is 13.7 Å². The van der Waals surface area contributed by atoms with E-state index < -0.39 is 0 Å². The first kappa shape index (κ1) is 13.4. The number of amides is 1. The first-order valence-electron chi connectivity index (χ1n) is 7.08. The Hall–Kier alpha value is -1.59. The maximum absolute atomic E-state index is 12.0. The highest BCUT2D eigenvalue weighted by Gasteiger charge is 2.26. The summed E-state index contributed by atoms with van der Waals surface area (Å²) in [6.45, 7) is 3.21. The number of nitrogens with one attached hydrogen (secondary N) is 1. The summed E-state index contributed by atoms with van der Waals surface area (Å²) in [5, 5.41) is 3.40. The molecule has 20 heavy (non-hydrogen) atoms. The summed E-state index contributed by atoms with van der Waals surface area (Å²) >= 11 is 0. The highest BCUT2D eigenvalue weighted by Crippen LogP contribution is 2.35. The van der Waals surface area contributed by atoms with Crippen LogP contribution in [0.5, 0.6) is 5.75 Å². The van der Waals surface area contributed by atoms with Gasteiger partial charge in [-0.05, 0) is 49.2 Å². The van der Waals surface area contributed by atoms with E-state index in [0.717, 1.165) is 37.4 Å². The number of carbonyl (C=O) groups excluding carboxylic acids is 1. The van der Waals surface area contributed by atoms with Crippen molar-refractivity contribution in [3.05, 3.63) is 23.3 Å². The molecule has 1 amide bonds. The number of benzene rings is 1. The molecule has 0 aliphatic carbocycles. The normalized spacial score (nSPS) is 18.1. The summed E-state index contributed by atoms with van der Waals surface area (Å²) in [4.78, 5) is 13.8. The van der Waals surface area contributed by atoms with E-state index >= 15 is 0 Å². The molecule has 1 N–H and O–H groups in total. The third kappa shape index (κ3) is 2.51. The minimum atomic E-state index is 0.00115. The van der Waals surface area contributed by atoms with Gasteiger partial charge in [-0.3, -0.25) is 4.79 Å². The van der Waals surface area contributed by atoms with Crippen molar-refractivity contribution in [2.45, 2.75) is 12.8 Å². The Kier molecular flexibility index (Phi) is 3.89. The quantitative estimate of drug-likeness (QED) is 0.885. The number of rotatable bonds is 3. The molecule has 5 heteroatoms. The zero-order valence-corrected chi connectivity index (χ0v) is 11.8. The third-order valence-electron chi connectivity index (χ3n) is 3.89. The molecule has 0 radical (unpaired) electrons. The molecule has 0 saturated heterocycles. The SMILES string of the molecule is COCCN1C(=O)COc2cc3c(cc21)CCNCC3. The van der Waals surface area contributed by atoms with E-state index in [-0.39, 0.29) is 12.5 Å². The number of nitrogens with zero attached hydrogens (tertiary/aromatic N) is 1. The van der Waals surface area contributed by atoms with Gasteiger partial charge in [0.25, 0.3) is 5.91 Å². The van der Waals surface area contributed by atoms with E-state index in [1.165, 1.54) is 11.1 Å². The highest BCUT2D eigenvalue weighted by molar-refractivity contribution is 5.98. The molecule has 2 aliphatic rings. The van der Waals surface area contributed by atoms with Crippen molar-refractivity contribution >= 4 is 11.6 Å². The number of hydrogen-bond acceptors (Lipinski definition) is 4. The average Bonchev–Trinajstić information content (AvgIpc) is 2.69. The van der Waals surface area contributed by atoms with Crippen LogP contribution >= 0.6 is 0 Å². The fourth-order valence-corrected chi connectivity index (χ4v) is 2.80. The number of methoxy groups -OCH3 is 1. The van der Waals surface area contributed by atoms with E-state index in [0.29, 0.717) is 13.2 Å². The number of carbonyl (C=O) groups is 1. The molecule has 0 spiro atoms. The van der Waals surface area contributed by atoms with Gasteiger partial charge >= 0.3 is 0 Å². The van der Waals surface area contributed by atoms with Crippen molar-refractivity contribution in [1.82, 2.24) is 5.32 Å². The predicted molar refractivity (Wildman–Crippen MR) is 76.4 cm³/mol. The standard InChI is InChI=1S/C15H20N2O3/c1-19-7-6-17-13-8-11-2-4-16-5-3-12(11)9-14(13)20-10-15(17)18/h8-9,16H,2-7,10H2,1H3. The van der Waals surface area contributed by atoms with Crippen LogP contribution in [0.1, 0.15) is 11.1 Å². The molecule has 2 heterocycles. The van der Waals surface area contributed by atoms with Crippen LogP contribution in [0.25, 0.3) is 0 Å². The molecule has 5 nitrogen and oxygen atoms in total. The van der Waals surface area contributed by atoms with E-state index in [4.69, 9.17) is 9.47 Å². The van der Waals surface area contributed by atoms with Gasteiger partial charge in [0.1, 0.15) is 5.75 Å². The summed E-state index contributed by atoms with van der Waals surface area (Å²) in [6, 6.07) is 4.22. The summed E-state index contributed by atoms with van der Waals surface area (Å²) in [6.07, 6.45) is 2.01. The highest BCUT2D eigenvalue weighted by atomic mass is 16.5. The molecule has 1 aromatic rings. The average molecular weight is 276 g/mol. The zero-order chi connectivity index (χ0) is 13.9. The van der Waals surface area contributed by atoms with Crippen molar-refractivity contribution in [3.63, 3.8) is 0 Å². The molecular weight excluding hydrogens is 256 g/mol. The molecule has 2 aliphatic heterocycles. The Morgan fingerprint density at radius 3 is 2.80 bits per heavy atom. The zero-order valence-electron chi connectivity index (χ0n) is 11.8. The first-order valence-corrected chi connectivity index (χ1v) is 7.08. The van der Waals surface area contributed by atoms with E-state index in [1.54, 1.807) is 12.0 Å². The molecule has 0 atom stereocenters. The van der Waals surface area contributed by atoms with Gasteiger partial charge in [-0.25, -0.2) is 0 Å². The Morgan fingerprint density at radius 2 is 2.05 bits per heavy atom. The van der Waals surface area contributed by atoms with Crippen LogP contribution < -0.4 is 15.0 Å². The lowest BCUT2D eigenvalue weighted by atomic mass is 10.0. The smallest absolute Gasteiger partial charge is 0.265 e. The summed E-state index contributed by atoms with van der Waals surface area (Å²) in [5.41, 5.74) is 3.53. The topological polar surface area (TPSA) is 50.8 Å². The largest absolute Gasteiger partial charge is 0.482 e. The molecule has 0 saturated carbocycles. The summed E-state index contributed by atoms with van der Waals surface area (Å²) < 4.78 is 10.7. The molecular formula is C15H20N2O3. The van der Waals surface area contributed by atoms with Crippen LogP contribution in [-0.2, 0) is 22.4 Å². The molecule has 0 aromatic heterocycles. The van der Waals surface area contributed by atoms with Gasteiger partial charge in [-0.15, -0.1) is 0 Å². The first-order chi connectivity index (χ1) is 9.79.